The first-order valence-corrected chi connectivity index (χ1v) is 6.64. The van der Waals surface area contributed by atoms with Crippen molar-refractivity contribution in [2.45, 2.75) is 56.6 Å². The van der Waals surface area contributed by atoms with Gasteiger partial charge in [-0.2, -0.15) is 0 Å². The fraction of sp³-hybridized carbons (Fsp3) is 1.00. The number of piperidine rings is 1. The summed E-state index contributed by atoms with van der Waals surface area (Å²) in [5.41, 5.74) is 6.38. The number of rotatable bonds is 3. The van der Waals surface area contributed by atoms with Crippen LogP contribution in [0.15, 0.2) is 0 Å². The third-order valence-corrected chi connectivity index (χ3v) is 4.74. The van der Waals surface area contributed by atoms with Crippen molar-refractivity contribution in [1.29, 1.82) is 0 Å². The normalized spacial score (nSPS) is 35.4. The molecule has 0 aromatic carbocycles. The van der Waals surface area contributed by atoms with E-state index in [9.17, 15) is 0 Å². The smallest absolute Gasteiger partial charge is 0.0777 e. The number of hydrogen-bond donors (Lipinski definition) is 1. The molecule has 1 unspecified atom stereocenters. The molecule has 0 spiro atoms. The van der Waals surface area contributed by atoms with Gasteiger partial charge in [0.1, 0.15) is 0 Å². The fourth-order valence-electron chi connectivity index (χ4n) is 3.46. The second-order valence-corrected chi connectivity index (χ2v) is 5.81. The summed E-state index contributed by atoms with van der Waals surface area (Å²) in [5, 5.41) is 0. The number of hydrogen-bond acceptors (Lipinski definition) is 3. The van der Waals surface area contributed by atoms with E-state index in [1.165, 1.54) is 45.1 Å². The van der Waals surface area contributed by atoms with Gasteiger partial charge in [0.05, 0.1) is 5.60 Å². The number of methoxy groups -OCH3 is 1. The number of nitrogens with zero attached hydrogens (tertiary/aromatic N) is 1. The lowest BCUT2D eigenvalue weighted by Crippen LogP contribution is -2.59. The maximum atomic E-state index is 6.05. The molecule has 0 radical (unpaired) electrons. The van der Waals surface area contributed by atoms with E-state index >= 15 is 0 Å². The molecule has 2 N–H and O–H groups in total. The molecule has 3 heteroatoms. The highest BCUT2D eigenvalue weighted by Crippen LogP contribution is 2.38. The highest BCUT2D eigenvalue weighted by atomic mass is 16.5. The summed E-state index contributed by atoms with van der Waals surface area (Å²) < 4.78 is 5.68. The molecule has 1 aliphatic heterocycles. The van der Waals surface area contributed by atoms with Gasteiger partial charge in [-0.15, -0.1) is 0 Å². The predicted molar refractivity (Wildman–Crippen MR) is 66.5 cm³/mol. The van der Waals surface area contributed by atoms with E-state index in [0.717, 1.165) is 13.1 Å². The van der Waals surface area contributed by atoms with Crippen LogP contribution in [-0.4, -0.2) is 42.8 Å². The summed E-state index contributed by atoms with van der Waals surface area (Å²) >= 11 is 0. The van der Waals surface area contributed by atoms with E-state index in [1.807, 2.05) is 7.11 Å². The minimum atomic E-state index is 0.0447. The highest BCUT2D eigenvalue weighted by Gasteiger charge is 2.43. The molecular weight excluding hydrogens is 200 g/mol. The van der Waals surface area contributed by atoms with E-state index in [1.54, 1.807) is 0 Å². The van der Waals surface area contributed by atoms with Gasteiger partial charge in [-0.3, -0.25) is 4.90 Å². The van der Waals surface area contributed by atoms with Gasteiger partial charge in [0.15, 0.2) is 0 Å². The van der Waals surface area contributed by atoms with Crippen LogP contribution in [0.25, 0.3) is 0 Å². The van der Waals surface area contributed by atoms with Crippen molar-refractivity contribution in [3.05, 3.63) is 0 Å². The minimum Gasteiger partial charge on any atom is -0.377 e. The second-order valence-electron chi connectivity index (χ2n) is 5.81. The fourth-order valence-corrected chi connectivity index (χ4v) is 3.46. The molecule has 1 saturated heterocycles. The van der Waals surface area contributed by atoms with Gasteiger partial charge < -0.3 is 10.5 Å². The number of ether oxygens (including phenoxy) is 1. The van der Waals surface area contributed by atoms with Gasteiger partial charge in [-0.25, -0.2) is 0 Å². The van der Waals surface area contributed by atoms with E-state index in [4.69, 9.17) is 10.5 Å². The molecular formula is C13H26N2O. The first-order valence-electron chi connectivity index (χ1n) is 6.64. The van der Waals surface area contributed by atoms with Gasteiger partial charge in [0, 0.05) is 25.7 Å². The van der Waals surface area contributed by atoms with Crippen LogP contribution in [-0.2, 0) is 4.74 Å². The molecule has 0 aromatic heterocycles. The third kappa shape index (κ3) is 2.13. The van der Waals surface area contributed by atoms with Crippen molar-refractivity contribution in [2.75, 3.05) is 26.7 Å². The molecule has 0 amide bonds. The van der Waals surface area contributed by atoms with Gasteiger partial charge in [0.2, 0.25) is 0 Å². The Morgan fingerprint density at radius 2 is 1.88 bits per heavy atom. The van der Waals surface area contributed by atoms with Crippen LogP contribution in [0.2, 0.25) is 0 Å². The van der Waals surface area contributed by atoms with Gasteiger partial charge in [-0.1, -0.05) is 12.8 Å². The molecule has 1 heterocycles. The average molecular weight is 226 g/mol. The average Bonchev–Trinajstić information content (AvgIpc) is 2.79. The van der Waals surface area contributed by atoms with Crippen LogP contribution < -0.4 is 5.73 Å². The summed E-state index contributed by atoms with van der Waals surface area (Å²) in [5.74, 6) is 0. The van der Waals surface area contributed by atoms with Crippen LogP contribution in [0.5, 0.6) is 0 Å². The molecule has 2 fully saturated rings. The molecule has 2 aliphatic rings. The van der Waals surface area contributed by atoms with Crippen LogP contribution >= 0.6 is 0 Å². The Bertz CT molecular complexity index is 238. The Hall–Kier alpha value is -0.120. The van der Waals surface area contributed by atoms with Crippen LogP contribution in [0.1, 0.15) is 45.4 Å². The van der Waals surface area contributed by atoms with Crippen molar-refractivity contribution >= 4 is 0 Å². The molecule has 1 saturated carbocycles. The Balaban J connectivity index is 2.08. The lowest BCUT2D eigenvalue weighted by atomic mass is 9.87. The largest absolute Gasteiger partial charge is 0.377 e. The first-order chi connectivity index (χ1) is 7.64. The Morgan fingerprint density at radius 3 is 2.44 bits per heavy atom. The first kappa shape index (κ1) is 12.3. The van der Waals surface area contributed by atoms with Crippen molar-refractivity contribution in [1.82, 2.24) is 4.90 Å². The second kappa shape index (κ2) is 4.63. The molecule has 0 bridgehead atoms. The summed E-state index contributed by atoms with van der Waals surface area (Å²) in [7, 11) is 1.84. The zero-order chi connectivity index (χ0) is 11.6. The van der Waals surface area contributed by atoms with Crippen LogP contribution in [0.4, 0.5) is 0 Å². The summed E-state index contributed by atoms with van der Waals surface area (Å²) in [6.07, 6.45) is 7.67. The zero-order valence-corrected chi connectivity index (χ0v) is 10.8. The van der Waals surface area contributed by atoms with E-state index < -0.39 is 0 Å². The monoisotopic (exact) mass is 226 g/mol. The zero-order valence-electron chi connectivity index (χ0n) is 10.8. The molecule has 1 aliphatic carbocycles. The Kier molecular flexibility index (Phi) is 3.57. The topological polar surface area (TPSA) is 38.5 Å². The molecule has 2 rings (SSSR count). The lowest BCUT2D eigenvalue weighted by Gasteiger charge is -2.48. The van der Waals surface area contributed by atoms with E-state index in [-0.39, 0.29) is 5.60 Å². The third-order valence-electron chi connectivity index (χ3n) is 4.74. The SMILES string of the molecule is COC1(C)CCCN(C2(CN)CCCC2)C1. The van der Waals surface area contributed by atoms with Crippen molar-refractivity contribution in [3.63, 3.8) is 0 Å². The lowest BCUT2D eigenvalue weighted by molar-refractivity contribution is -0.0789. The van der Waals surface area contributed by atoms with Crippen LogP contribution in [0.3, 0.4) is 0 Å². The maximum Gasteiger partial charge on any atom is 0.0777 e. The number of likely N-dealkylation sites (tertiary alicyclic amines) is 1. The van der Waals surface area contributed by atoms with Crippen molar-refractivity contribution in [3.8, 4) is 0 Å². The van der Waals surface area contributed by atoms with Crippen molar-refractivity contribution < 1.29 is 4.74 Å². The Morgan fingerprint density at radius 1 is 1.19 bits per heavy atom. The quantitative estimate of drug-likeness (QED) is 0.797. The summed E-state index contributed by atoms with van der Waals surface area (Å²) in [4.78, 5) is 2.62. The maximum absolute atomic E-state index is 6.05. The molecule has 3 nitrogen and oxygen atoms in total. The van der Waals surface area contributed by atoms with E-state index in [2.05, 4.69) is 11.8 Å². The highest BCUT2D eigenvalue weighted by molar-refractivity contribution is 5.00. The molecule has 94 valence electrons. The Labute approximate surface area is 99.3 Å². The summed E-state index contributed by atoms with van der Waals surface area (Å²) in [6, 6.07) is 0. The van der Waals surface area contributed by atoms with Gasteiger partial charge >= 0.3 is 0 Å². The van der Waals surface area contributed by atoms with Crippen LogP contribution in [0, 0.1) is 0 Å². The van der Waals surface area contributed by atoms with Gasteiger partial charge in [0.25, 0.3) is 0 Å². The molecule has 1 atom stereocenters. The minimum absolute atomic E-state index is 0.0447. The van der Waals surface area contributed by atoms with E-state index in [0.29, 0.717) is 5.54 Å². The standard InChI is InChI=1S/C13H26N2O/c1-12(16-2)6-5-9-15(11-12)13(10-14)7-3-4-8-13/h3-11,14H2,1-2H3. The van der Waals surface area contributed by atoms with Gasteiger partial charge in [-0.05, 0) is 39.2 Å². The molecule has 16 heavy (non-hydrogen) atoms. The number of nitrogens with two attached hydrogens (primary N) is 1. The predicted octanol–water partition coefficient (Wildman–Crippen LogP) is 1.76. The summed E-state index contributed by atoms with van der Waals surface area (Å²) in [6.45, 7) is 5.31. The van der Waals surface area contributed by atoms with Crippen molar-refractivity contribution in [2.24, 2.45) is 5.73 Å². The molecule has 0 aromatic rings.